The summed E-state index contributed by atoms with van der Waals surface area (Å²) in [5.41, 5.74) is 2.92. The maximum absolute atomic E-state index is 2.28. The summed E-state index contributed by atoms with van der Waals surface area (Å²) in [5.74, 6) is 0. The number of benzene rings is 1. The molecule has 0 radical (unpaired) electrons. The number of allylic oxidation sites excluding steroid dienone is 1. The Labute approximate surface area is 96.3 Å². The number of hydrogen-bond donors (Lipinski definition) is 0. The molecule has 0 atom stereocenters. The Balaban J connectivity index is 2.28. The second-order valence-electron chi connectivity index (χ2n) is 3.81. The van der Waals surface area contributed by atoms with Crippen LogP contribution in [0, 0.1) is 0 Å². The van der Waals surface area contributed by atoms with Crippen LogP contribution in [-0.4, -0.2) is 17.9 Å². The van der Waals surface area contributed by atoms with Crippen molar-refractivity contribution in [2.24, 2.45) is 0 Å². The first-order chi connectivity index (χ1) is 7.31. The van der Waals surface area contributed by atoms with E-state index in [1.807, 2.05) is 11.9 Å². The second kappa shape index (κ2) is 4.86. The first-order valence-corrected chi connectivity index (χ1v) is 6.26. The molecular weight excluding hydrogens is 202 g/mol. The Morgan fingerprint density at radius 3 is 3.07 bits per heavy atom. The van der Waals surface area contributed by atoms with Gasteiger partial charge >= 0.3 is 0 Å². The van der Waals surface area contributed by atoms with Crippen LogP contribution >= 0.6 is 11.9 Å². The first-order valence-electron chi connectivity index (χ1n) is 5.49. The van der Waals surface area contributed by atoms with Gasteiger partial charge in [-0.1, -0.05) is 31.2 Å². The Kier molecular flexibility index (Phi) is 3.49. The molecule has 1 aromatic carbocycles. The van der Waals surface area contributed by atoms with Crippen LogP contribution < -0.4 is 0 Å². The molecule has 0 amide bonds. The second-order valence-corrected chi connectivity index (χ2v) is 5.05. The lowest BCUT2D eigenvalue weighted by molar-refractivity contribution is 0.602. The van der Waals surface area contributed by atoms with E-state index in [9.17, 15) is 0 Å². The van der Waals surface area contributed by atoms with Gasteiger partial charge in [0.2, 0.25) is 0 Å². The largest absolute Gasteiger partial charge is 0.250 e. The average molecular weight is 219 g/mol. The SMILES string of the molecule is CCN(C)Sc1cccc2c1C=CCC2. The third-order valence-corrected chi connectivity index (χ3v) is 3.84. The highest BCUT2D eigenvalue weighted by atomic mass is 32.2. The summed E-state index contributed by atoms with van der Waals surface area (Å²) in [6, 6.07) is 6.63. The van der Waals surface area contributed by atoms with Crippen molar-refractivity contribution in [2.75, 3.05) is 13.6 Å². The number of rotatable bonds is 3. The minimum absolute atomic E-state index is 1.07. The van der Waals surface area contributed by atoms with Gasteiger partial charge in [0, 0.05) is 11.4 Å². The van der Waals surface area contributed by atoms with Crippen molar-refractivity contribution >= 4 is 18.0 Å². The molecule has 1 aliphatic rings. The smallest absolute Gasteiger partial charge is 0.0305 e. The Hall–Kier alpha value is -0.730. The van der Waals surface area contributed by atoms with E-state index < -0.39 is 0 Å². The molecule has 1 nitrogen and oxygen atoms in total. The van der Waals surface area contributed by atoms with Crippen LogP contribution in [0.2, 0.25) is 0 Å². The van der Waals surface area contributed by atoms with Gasteiger partial charge in [0.15, 0.2) is 0 Å². The van der Waals surface area contributed by atoms with Gasteiger partial charge in [-0.2, -0.15) is 0 Å². The molecule has 0 saturated carbocycles. The lowest BCUT2D eigenvalue weighted by atomic mass is 9.98. The standard InChI is InChI=1S/C13H17NS/c1-3-14(2)15-13-10-6-8-11-7-4-5-9-12(11)13/h5-6,8-10H,3-4,7H2,1-2H3. The summed E-state index contributed by atoms with van der Waals surface area (Å²) in [6.07, 6.45) is 6.92. The zero-order valence-electron chi connectivity index (χ0n) is 9.36. The van der Waals surface area contributed by atoms with Crippen molar-refractivity contribution in [3.63, 3.8) is 0 Å². The fourth-order valence-corrected chi connectivity index (χ4v) is 2.65. The topological polar surface area (TPSA) is 3.24 Å². The normalized spacial score (nSPS) is 14.3. The van der Waals surface area contributed by atoms with Gasteiger partial charge < -0.3 is 0 Å². The van der Waals surface area contributed by atoms with Gasteiger partial charge in [0.05, 0.1) is 0 Å². The van der Waals surface area contributed by atoms with Crippen molar-refractivity contribution in [2.45, 2.75) is 24.7 Å². The molecule has 2 heteroatoms. The quantitative estimate of drug-likeness (QED) is 0.715. The lowest BCUT2D eigenvalue weighted by Crippen LogP contribution is -2.08. The third-order valence-electron chi connectivity index (χ3n) is 2.72. The van der Waals surface area contributed by atoms with Gasteiger partial charge in [-0.3, -0.25) is 0 Å². The summed E-state index contributed by atoms with van der Waals surface area (Å²) in [4.78, 5) is 1.38. The van der Waals surface area contributed by atoms with Crippen LogP contribution in [-0.2, 0) is 6.42 Å². The third kappa shape index (κ3) is 2.44. The van der Waals surface area contributed by atoms with E-state index in [0.717, 1.165) is 6.54 Å². The molecule has 0 bridgehead atoms. The Morgan fingerprint density at radius 1 is 1.40 bits per heavy atom. The molecule has 0 spiro atoms. The van der Waals surface area contributed by atoms with Crippen molar-refractivity contribution < 1.29 is 0 Å². The molecule has 80 valence electrons. The average Bonchev–Trinajstić information content (AvgIpc) is 2.29. The van der Waals surface area contributed by atoms with Crippen molar-refractivity contribution in [3.05, 3.63) is 35.4 Å². The van der Waals surface area contributed by atoms with Crippen molar-refractivity contribution in [1.29, 1.82) is 0 Å². The van der Waals surface area contributed by atoms with E-state index in [4.69, 9.17) is 0 Å². The number of fused-ring (bicyclic) bond motifs is 1. The Morgan fingerprint density at radius 2 is 2.27 bits per heavy atom. The molecule has 1 aliphatic carbocycles. The molecule has 0 aromatic heterocycles. The van der Waals surface area contributed by atoms with Crippen molar-refractivity contribution in [1.82, 2.24) is 4.31 Å². The molecule has 0 N–H and O–H groups in total. The van der Waals surface area contributed by atoms with Crippen LogP contribution in [0.25, 0.3) is 6.08 Å². The zero-order valence-corrected chi connectivity index (χ0v) is 10.2. The molecule has 2 rings (SSSR count). The van der Waals surface area contributed by atoms with Crippen LogP contribution in [0.15, 0.2) is 29.2 Å². The van der Waals surface area contributed by atoms with Crippen LogP contribution in [0.4, 0.5) is 0 Å². The molecule has 0 unspecified atom stereocenters. The number of hydrogen-bond acceptors (Lipinski definition) is 2. The van der Waals surface area contributed by atoms with E-state index in [0.29, 0.717) is 0 Å². The summed E-state index contributed by atoms with van der Waals surface area (Å²) in [7, 11) is 2.14. The summed E-state index contributed by atoms with van der Waals surface area (Å²) in [6.45, 7) is 3.25. The van der Waals surface area contributed by atoms with Crippen LogP contribution in [0.3, 0.4) is 0 Å². The molecule has 1 aromatic rings. The van der Waals surface area contributed by atoms with Crippen LogP contribution in [0.5, 0.6) is 0 Å². The molecular formula is C13H17NS. The number of aryl methyl sites for hydroxylation is 1. The summed E-state index contributed by atoms with van der Waals surface area (Å²) in [5, 5.41) is 0. The van der Waals surface area contributed by atoms with E-state index in [1.54, 1.807) is 0 Å². The maximum atomic E-state index is 2.28. The lowest BCUT2D eigenvalue weighted by Gasteiger charge is -2.18. The monoisotopic (exact) mass is 219 g/mol. The molecule has 0 fully saturated rings. The maximum Gasteiger partial charge on any atom is 0.0305 e. The van der Waals surface area contributed by atoms with E-state index in [1.165, 1.54) is 28.9 Å². The highest BCUT2D eigenvalue weighted by molar-refractivity contribution is 7.97. The molecule has 0 heterocycles. The first kappa shape index (κ1) is 10.8. The Bertz CT molecular complexity index is 371. The fourth-order valence-electron chi connectivity index (χ4n) is 1.75. The summed E-state index contributed by atoms with van der Waals surface area (Å²) >= 11 is 1.84. The highest BCUT2D eigenvalue weighted by Gasteiger charge is 2.10. The van der Waals surface area contributed by atoms with E-state index >= 15 is 0 Å². The van der Waals surface area contributed by atoms with E-state index in [2.05, 4.69) is 48.6 Å². The van der Waals surface area contributed by atoms with Gasteiger partial charge in [0.1, 0.15) is 0 Å². The molecule has 0 aliphatic heterocycles. The minimum atomic E-state index is 1.07. The van der Waals surface area contributed by atoms with Gasteiger partial charge in [-0.15, -0.1) is 0 Å². The molecule has 0 saturated heterocycles. The highest BCUT2D eigenvalue weighted by Crippen LogP contribution is 2.31. The predicted molar refractivity (Wildman–Crippen MR) is 68.0 cm³/mol. The predicted octanol–water partition coefficient (Wildman–Crippen LogP) is 3.60. The van der Waals surface area contributed by atoms with Gasteiger partial charge in [-0.25, -0.2) is 4.31 Å². The zero-order chi connectivity index (χ0) is 10.7. The van der Waals surface area contributed by atoms with E-state index in [-0.39, 0.29) is 0 Å². The fraction of sp³-hybridized carbons (Fsp3) is 0.385. The van der Waals surface area contributed by atoms with Crippen LogP contribution in [0.1, 0.15) is 24.5 Å². The molecule has 15 heavy (non-hydrogen) atoms. The number of nitrogens with zero attached hydrogens (tertiary/aromatic N) is 1. The van der Waals surface area contributed by atoms with Crippen molar-refractivity contribution in [3.8, 4) is 0 Å². The van der Waals surface area contributed by atoms with Gasteiger partial charge in [-0.05, 0) is 49.0 Å². The van der Waals surface area contributed by atoms with Gasteiger partial charge in [0.25, 0.3) is 0 Å². The minimum Gasteiger partial charge on any atom is -0.250 e. The summed E-state index contributed by atoms with van der Waals surface area (Å²) < 4.78 is 2.26.